The Hall–Kier alpha value is -3.95. The molecule has 0 aliphatic carbocycles. The van der Waals surface area contributed by atoms with Crippen molar-refractivity contribution in [3.05, 3.63) is 82.9 Å². The van der Waals surface area contributed by atoms with Gasteiger partial charge in [0, 0.05) is 5.02 Å². The second-order valence-electron chi connectivity index (χ2n) is 6.50. The van der Waals surface area contributed by atoms with Crippen molar-refractivity contribution in [1.29, 1.82) is 5.26 Å². The number of para-hydroxylation sites is 2. The van der Waals surface area contributed by atoms with Gasteiger partial charge in [0.2, 0.25) is 0 Å². The second-order valence-corrected chi connectivity index (χ2v) is 6.94. The molecule has 0 saturated heterocycles. The summed E-state index contributed by atoms with van der Waals surface area (Å²) in [6, 6.07) is 21.2. The molecule has 0 fully saturated rings. The number of ether oxygens (including phenoxy) is 4. The van der Waals surface area contributed by atoms with Crippen LogP contribution in [0.25, 0.3) is 11.6 Å². The van der Waals surface area contributed by atoms with Crippen molar-refractivity contribution < 1.29 is 23.7 Å². The normalized spacial score (nSPS) is 10.8. The summed E-state index contributed by atoms with van der Waals surface area (Å²) in [5, 5.41) is 10.1. The van der Waals surface area contributed by atoms with E-state index in [0.717, 1.165) is 0 Å². The fourth-order valence-corrected chi connectivity index (χ4v) is 3.08. The molecule has 3 aromatic carbocycles. The van der Waals surface area contributed by atoms with Gasteiger partial charge in [-0.15, -0.1) is 0 Å². The second kappa shape index (κ2) is 10.9. The van der Waals surface area contributed by atoms with Crippen LogP contribution in [0.2, 0.25) is 5.02 Å². The third-order valence-corrected chi connectivity index (χ3v) is 4.63. The Morgan fingerprint density at radius 1 is 0.938 bits per heavy atom. The number of rotatable bonds is 8. The summed E-state index contributed by atoms with van der Waals surface area (Å²) in [4.78, 5) is 12.3. The third-order valence-electron chi connectivity index (χ3n) is 4.39. The predicted octanol–water partition coefficient (Wildman–Crippen LogP) is 5.41. The van der Waals surface area contributed by atoms with Crippen molar-refractivity contribution in [2.24, 2.45) is 0 Å². The van der Waals surface area contributed by atoms with Crippen molar-refractivity contribution in [2.45, 2.75) is 0 Å². The van der Waals surface area contributed by atoms with Gasteiger partial charge in [0.05, 0.1) is 25.9 Å². The average Bonchev–Trinajstić information content (AvgIpc) is 2.82. The summed E-state index contributed by atoms with van der Waals surface area (Å²) >= 11 is 6.03. The quantitative estimate of drug-likeness (QED) is 0.198. The number of carbonyl (C=O) groups is 1. The molecule has 0 aromatic heterocycles. The van der Waals surface area contributed by atoms with Crippen LogP contribution in [0.15, 0.2) is 66.7 Å². The van der Waals surface area contributed by atoms with E-state index in [1.54, 1.807) is 72.8 Å². The molecule has 0 aliphatic rings. The lowest BCUT2D eigenvalue weighted by atomic mass is 10.0. The predicted molar refractivity (Wildman–Crippen MR) is 122 cm³/mol. The third kappa shape index (κ3) is 5.81. The lowest BCUT2D eigenvalue weighted by molar-refractivity contribution is -0.136. The summed E-state index contributed by atoms with van der Waals surface area (Å²) in [7, 11) is 2.99. The molecule has 3 aromatic rings. The Morgan fingerprint density at radius 2 is 1.69 bits per heavy atom. The van der Waals surface area contributed by atoms with E-state index in [2.05, 4.69) is 6.07 Å². The molecule has 0 unspecified atom stereocenters. The van der Waals surface area contributed by atoms with Crippen LogP contribution < -0.4 is 18.9 Å². The molecule has 0 N–H and O–H groups in total. The highest BCUT2D eigenvalue weighted by molar-refractivity contribution is 6.30. The van der Waals surface area contributed by atoms with Crippen LogP contribution >= 0.6 is 11.6 Å². The highest BCUT2D eigenvalue weighted by atomic mass is 35.5. The van der Waals surface area contributed by atoms with Gasteiger partial charge in [0.25, 0.3) is 0 Å². The van der Waals surface area contributed by atoms with Gasteiger partial charge < -0.3 is 18.9 Å². The maximum Gasteiger partial charge on any atom is 0.349 e. The van der Waals surface area contributed by atoms with Crippen LogP contribution in [-0.4, -0.2) is 26.8 Å². The summed E-state index contributed by atoms with van der Waals surface area (Å²) in [6.07, 6.45) is 1.70. The number of carbonyl (C=O) groups excluding carboxylic acids is 1. The molecule has 7 heteroatoms. The Kier molecular flexibility index (Phi) is 7.74. The minimum absolute atomic E-state index is 0.236. The van der Waals surface area contributed by atoms with Crippen molar-refractivity contribution >= 4 is 29.2 Å². The van der Waals surface area contributed by atoms with E-state index in [9.17, 15) is 10.1 Å². The number of halogens is 1. The summed E-state index contributed by atoms with van der Waals surface area (Å²) < 4.78 is 21.4. The zero-order chi connectivity index (χ0) is 22.9. The fraction of sp³-hybridized carbons (Fsp3) is 0.120. The number of esters is 1. The van der Waals surface area contributed by atoms with Crippen molar-refractivity contribution in [1.82, 2.24) is 0 Å². The zero-order valence-corrected chi connectivity index (χ0v) is 18.3. The van der Waals surface area contributed by atoms with E-state index in [1.165, 1.54) is 14.2 Å². The Balaban J connectivity index is 1.73. The number of methoxy groups -OCH3 is 2. The lowest BCUT2D eigenvalue weighted by Crippen LogP contribution is -2.18. The largest absolute Gasteiger partial charge is 0.493 e. The fourth-order valence-electron chi connectivity index (χ4n) is 2.89. The first-order chi connectivity index (χ1) is 15.5. The van der Waals surface area contributed by atoms with Crippen LogP contribution in [-0.2, 0) is 4.79 Å². The van der Waals surface area contributed by atoms with E-state index in [-0.39, 0.29) is 12.4 Å². The number of benzene rings is 3. The summed E-state index contributed by atoms with van der Waals surface area (Å²) in [6.45, 7) is -0.307. The number of hydrogen-bond acceptors (Lipinski definition) is 6. The topological polar surface area (TPSA) is 77.8 Å². The van der Waals surface area contributed by atoms with Crippen molar-refractivity contribution in [2.75, 3.05) is 20.8 Å². The molecule has 0 bridgehead atoms. The van der Waals surface area contributed by atoms with Gasteiger partial charge in [-0.25, -0.2) is 4.79 Å². The van der Waals surface area contributed by atoms with E-state index >= 15 is 0 Å². The molecular weight excluding hydrogens is 430 g/mol. The Morgan fingerprint density at radius 3 is 2.38 bits per heavy atom. The maximum absolute atomic E-state index is 12.3. The van der Waals surface area contributed by atoms with Gasteiger partial charge in [-0.3, -0.25) is 0 Å². The first kappa shape index (κ1) is 22.7. The van der Waals surface area contributed by atoms with Crippen LogP contribution in [0.3, 0.4) is 0 Å². The SMILES string of the molecule is COc1ccccc1OCC(=O)Oc1ccc(/C=C(/C#N)c2cccc(Cl)c2)cc1OC. The minimum Gasteiger partial charge on any atom is -0.493 e. The lowest BCUT2D eigenvalue weighted by Gasteiger charge is -2.12. The zero-order valence-electron chi connectivity index (χ0n) is 17.5. The summed E-state index contributed by atoms with van der Waals surface area (Å²) in [5.74, 6) is 0.924. The number of nitrogens with zero attached hydrogens (tertiary/aromatic N) is 1. The van der Waals surface area contributed by atoms with Crippen molar-refractivity contribution in [3.8, 4) is 29.1 Å². The van der Waals surface area contributed by atoms with Gasteiger partial charge in [-0.1, -0.05) is 41.9 Å². The first-order valence-corrected chi connectivity index (χ1v) is 9.94. The number of hydrogen-bond donors (Lipinski definition) is 0. The molecule has 0 radical (unpaired) electrons. The molecule has 0 aliphatic heterocycles. The molecule has 0 atom stereocenters. The average molecular weight is 450 g/mol. The molecule has 0 spiro atoms. The Bertz CT molecular complexity index is 1180. The van der Waals surface area contributed by atoms with E-state index in [0.29, 0.717) is 39.0 Å². The smallest absolute Gasteiger partial charge is 0.349 e. The number of nitriles is 1. The van der Waals surface area contributed by atoms with Gasteiger partial charge in [-0.05, 0) is 53.6 Å². The molecule has 0 heterocycles. The Labute approximate surface area is 191 Å². The maximum atomic E-state index is 12.3. The van der Waals surface area contributed by atoms with Gasteiger partial charge in [-0.2, -0.15) is 5.26 Å². The van der Waals surface area contributed by atoms with Gasteiger partial charge in [0.1, 0.15) is 0 Å². The van der Waals surface area contributed by atoms with Crippen LogP contribution in [0.5, 0.6) is 23.0 Å². The molecule has 0 amide bonds. The summed E-state index contributed by atoms with van der Waals surface area (Å²) in [5.41, 5.74) is 1.83. The molecule has 32 heavy (non-hydrogen) atoms. The molecule has 0 saturated carbocycles. The van der Waals surface area contributed by atoms with Crippen molar-refractivity contribution in [3.63, 3.8) is 0 Å². The van der Waals surface area contributed by atoms with E-state index in [4.69, 9.17) is 30.5 Å². The monoisotopic (exact) mass is 449 g/mol. The van der Waals surface area contributed by atoms with E-state index in [1.807, 2.05) is 0 Å². The van der Waals surface area contributed by atoms with Crippen LogP contribution in [0.4, 0.5) is 0 Å². The van der Waals surface area contributed by atoms with Crippen LogP contribution in [0, 0.1) is 11.3 Å². The van der Waals surface area contributed by atoms with Gasteiger partial charge >= 0.3 is 5.97 Å². The minimum atomic E-state index is -0.603. The number of allylic oxidation sites excluding steroid dienone is 1. The van der Waals surface area contributed by atoms with Crippen LogP contribution in [0.1, 0.15) is 11.1 Å². The molecular formula is C25H20ClNO5. The molecule has 162 valence electrons. The first-order valence-electron chi connectivity index (χ1n) is 9.56. The standard InChI is InChI=1S/C25H20ClNO5/c1-29-21-8-3-4-9-22(21)31-16-25(28)32-23-11-10-17(13-24(23)30-2)12-19(15-27)18-6-5-7-20(26)14-18/h3-14H,16H2,1-2H3/b19-12-. The van der Waals surface area contributed by atoms with Gasteiger partial charge in [0.15, 0.2) is 29.6 Å². The highest BCUT2D eigenvalue weighted by Crippen LogP contribution is 2.31. The van der Waals surface area contributed by atoms with E-state index < -0.39 is 5.97 Å². The highest BCUT2D eigenvalue weighted by Gasteiger charge is 2.13. The molecule has 3 rings (SSSR count). The molecule has 6 nitrogen and oxygen atoms in total.